The van der Waals surface area contributed by atoms with Crippen LogP contribution in [0, 0.1) is 0 Å². The highest BCUT2D eigenvalue weighted by atomic mass is 15.0. The van der Waals surface area contributed by atoms with E-state index in [0.29, 0.717) is 12.1 Å². The van der Waals surface area contributed by atoms with Gasteiger partial charge in [0.25, 0.3) is 0 Å². The molecule has 1 atom stereocenters. The van der Waals surface area contributed by atoms with Gasteiger partial charge >= 0.3 is 0 Å². The first kappa shape index (κ1) is 9.96. The van der Waals surface area contributed by atoms with Gasteiger partial charge in [-0.05, 0) is 32.7 Å². The van der Waals surface area contributed by atoms with Gasteiger partial charge < -0.3 is 11.1 Å². The molecular weight excluding hydrogens is 150 g/mol. The van der Waals surface area contributed by atoms with E-state index in [4.69, 9.17) is 5.73 Å². The molecule has 1 aliphatic heterocycles. The molecule has 0 aromatic carbocycles. The first-order valence-electron chi connectivity index (χ1n) is 4.92. The first-order valence-corrected chi connectivity index (χ1v) is 4.92. The molecule has 1 aliphatic rings. The number of hydrogen-bond acceptors (Lipinski definition) is 2. The number of rotatable bonds is 4. The largest absolute Gasteiger partial charge is 0.330 e. The van der Waals surface area contributed by atoms with Gasteiger partial charge in [0.15, 0.2) is 0 Å². The molecule has 3 nitrogen and oxygen atoms in total. The molecule has 1 unspecified atom stereocenters. The fourth-order valence-corrected chi connectivity index (χ4v) is 1.65. The van der Waals surface area contributed by atoms with Gasteiger partial charge in [-0.1, -0.05) is 0 Å². The molecule has 1 radical (unpaired) electrons. The Kier molecular flexibility index (Phi) is 4.58. The van der Waals surface area contributed by atoms with Gasteiger partial charge in [-0.15, -0.1) is 0 Å². The maximum atomic E-state index is 5.48. The average molecular weight is 170 g/mol. The third-order valence-electron chi connectivity index (χ3n) is 2.39. The summed E-state index contributed by atoms with van der Waals surface area (Å²) in [4.78, 5) is 0. The molecule has 3 N–H and O–H groups in total. The Labute approximate surface area is 75.1 Å². The molecule has 3 heteroatoms. The quantitative estimate of drug-likeness (QED) is 0.628. The maximum Gasteiger partial charge on any atom is 0.0148 e. The second kappa shape index (κ2) is 5.51. The minimum Gasteiger partial charge on any atom is -0.330 e. The molecular formula is C9H20N3. The van der Waals surface area contributed by atoms with Gasteiger partial charge in [-0.2, -0.15) is 0 Å². The third kappa shape index (κ3) is 3.52. The van der Waals surface area contributed by atoms with Crippen LogP contribution in [0.15, 0.2) is 0 Å². The van der Waals surface area contributed by atoms with Crippen molar-refractivity contribution in [3.8, 4) is 0 Å². The predicted octanol–water partition coefficient (Wildman–Crippen LogP) is 0.0801. The predicted molar refractivity (Wildman–Crippen MR) is 51.2 cm³/mol. The molecule has 0 spiro atoms. The minimum atomic E-state index is 0.568. The first-order chi connectivity index (χ1) is 5.83. The Bertz CT molecular complexity index is 110. The Morgan fingerprint density at radius 2 is 2.17 bits per heavy atom. The van der Waals surface area contributed by atoms with E-state index in [0.717, 1.165) is 26.1 Å². The lowest BCUT2D eigenvalue weighted by Gasteiger charge is -2.26. The van der Waals surface area contributed by atoms with E-state index in [-0.39, 0.29) is 0 Å². The summed E-state index contributed by atoms with van der Waals surface area (Å²) in [6.07, 6.45) is 3.48. The Morgan fingerprint density at radius 3 is 2.75 bits per heavy atom. The van der Waals surface area contributed by atoms with Gasteiger partial charge in [0.05, 0.1) is 0 Å². The topological polar surface area (TPSA) is 52.1 Å². The van der Waals surface area contributed by atoms with E-state index in [1.807, 2.05) is 0 Å². The van der Waals surface area contributed by atoms with E-state index in [9.17, 15) is 0 Å². The van der Waals surface area contributed by atoms with Crippen LogP contribution < -0.4 is 16.4 Å². The fourth-order valence-electron chi connectivity index (χ4n) is 1.65. The summed E-state index contributed by atoms with van der Waals surface area (Å²) in [5.74, 6) is 0. The van der Waals surface area contributed by atoms with E-state index in [2.05, 4.69) is 17.6 Å². The number of nitrogens with two attached hydrogens (primary N) is 1. The van der Waals surface area contributed by atoms with Gasteiger partial charge in [0.2, 0.25) is 0 Å². The van der Waals surface area contributed by atoms with Gasteiger partial charge in [-0.25, -0.2) is 5.32 Å². The lowest BCUT2D eigenvalue weighted by molar-refractivity contribution is 0.346. The zero-order valence-corrected chi connectivity index (χ0v) is 7.92. The highest BCUT2D eigenvalue weighted by Gasteiger charge is 2.14. The number of nitrogens with one attached hydrogen (secondary N) is 1. The molecule has 0 saturated carbocycles. The lowest BCUT2D eigenvalue weighted by atomic mass is 10.1. The van der Waals surface area contributed by atoms with Crippen molar-refractivity contribution < 1.29 is 0 Å². The molecule has 1 fully saturated rings. The van der Waals surface area contributed by atoms with Crippen molar-refractivity contribution >= 4 is 0 Å². The molecule has 1 saturated heterocycles. The van der Waals surface area contributed by atoms with Crippen molar-refractivity contribution in [1.82, 2.24) is 10.6 Å². The summed E-state index contributed by atoms with van der Waals surface area (Å²) in [6.45, 7) is 5.06. The van der Waals surface area contributed by atoms with Crippen LogP contribution >= 0.6 is 0 Å². The van der Waals surface area contributed by atoms with Crippen molar-refractivity contribution in [1.29, 1.82) is 0 Å². The average Bonchev–Trinajstić information content (AvgIpc) is 2.06. The van der Waals surface area contributed by atoms with Crippen LogP contribution in [0.4, 0.5) is 0 Å². The van der Waals surface area contributed by atoms with E-state index in [1.165, 1.54) is 12.8 Å². The fraction of sp³-hybridized carbons (Fsp3) is 1.00. The van der Waals surface area contributed by atoms with Crippen LogP contribution in [0.1, 0.15) is 26.2 Å². The van der Waals surface area contributed by atoms with E-state index < -0.39 is 0 Å². The highest BCUT2D eigenvalue weighted by molar-refractivity contribution is 4.76. The van der Waals surface area contributed by atoms with Gasteiger partial charge in [0.1, 0.15) is 0 Å². The molecule has 1 heterocycles. The van der Waals surface area contributed by atoms with Crippen molar-refractivity contribution in [2.45, 2.75) is 38.3 Å². The molecule has 1 rings (SSSR count). The van der Waals surface area contributed by atoms with Crippen molar-refractivity contribution in [3.05, 3.63) is 0 Å². The normalized spacial score (nSPS) is 22.5. The Hall–Kier alpha value is -0.120. The summed E-state index contributed by atoms with van der Waals surface area (Å²) in [6, 6.07) is 1.25. The molecule has 12 heavy (non-hydrogen) atoms. The van der Waals surface area contributed by atoms with Crippen molar-refractivity contribution in [3.63, 3.8) is 0 Å². The van der Waals surface area contributed by atoms with Crippen LogP contribution in [0.5, 0.6) is 0 Å². The van der Waals surface area contributed by atoms with Crippen molar-refractivity contribution in [2.24, 2.45) is 5.73 Å². The van der Waals surface area contributed by atoms with Gasteiger partial charge in [-0.3, -0.25) is 0 Å². The third-order valence-corrected chi connectivity index (χ3v) is 2.39. The van der Waals surface area contributed by atoms with Crippen LogP contribution in [-0.2, 0) is 0 Å². The SMILES string of the molecule is CC(CCN)NC1CC[N]CC1. The summed E-state index contributed by atoms with van der Waals surface area (Å²) in [7, 11) is 0. The zero-order valence-electron chi connectivity index (χ0n) is 7.92. The number of nitrogens with zero attached hydrogens (tertiary/aromatic N) is 1. The van der Waals surface area contributed by atoms with Crippen LogP contribution in [-0.4, -0.2) is 31.7 Å². The minimum absolute atomic E-state index is 0.568. The van der Waals surface area contributed by atoms with Crippen LogP contribution in [0.2, 0.25) is 0 Å². The second-order valence-corrected chi connectivity index (χ2v) is 3.59. The van der Waals surface area contributed by atoms with E-state index >= 15 is 0 Å². The molecule has 0 aromatic heterocycles. The number of hydrogen-bond donors (Lipinski definition) is 2. The summed E-state index contributed by atoms with van der Waals surface area (Å²) < 4.78 is 0. The van der Waals surface area contributed by atoms with E-state index in [1.54, 1.807) is 0 Å². The standard InChI is InChI=1S/C9H20N3/c1-8(2-5-10)12-9-3-6-11-7-4-9/h8-9,12H,2-7,10H2,1H3. The molecule has 0 amide bonds. The monoisotopic (exact) mass is 170 g/mol. The summed E-state index contributed by atoms with van der Waals surface area (Å²) in [5, 5.41) is 7.90. The highest BCUT2D eigenvalue weighted by Crippen LogP contribution is 2.04. The molecule has 0 aliphatic carbocycles. The molecule has 0 bridgehead atoms. The maximum absolute atomic E-state index is 5.48. The van der Waals surface area contributed by atoms with Crippen LogP contribution in [0.3, 0.4) is 0 Å². The smallest absolute Gasteiger partial charge is 0.0148 e. The van der Waals surface area contributed by atoms with Gasteiger partial charge in [0, 0.05) is 25.2 Å². The zero-order chi connectivity index (χ0) is 8.81. The van der Waals surface area contributed by atoms with Crippen LogP contribution in [0.25, 0.3) is 0 Å². The van der Waals surface area contributed by atoms with Crippen molar-refractivity contribution in [2.75, 3.05) is 19.6 Å². The second-order valence-electron chi connectivity index (χ2n) is 3.59. The molecule has 71 valence electrons. The molecule has 0 aromatic rings. The number of piperidine rings is 1. The Morgan fingerprint density at radius 1 is 1.50 bits per heavy atom. The summed E-state index contributed by atoms with van der Waals surface area (Å²) >= 11 is 0. The summed E-state index contributed by atoms with van der Waals surface area (Å²) in [5.41, 5.74) is 5.48. The lowest BCUT2D eigenvalue weighted by Crippen LogP contribution is -2.42. The Balaban J connectivity index is 2.11.